The van der Waals surface area contributed by atoms with Crippen molar-refractivity contribution in [2.75, 3.05) is 6.61 Å². The van der Waals surface area contributed by atoms with E-state index in [0.717, 1.165) is 6.42 Å². The molecular formula is C10H19NO4. The summed E-state index contributed by atoms with van der Waals surface area (Å²) in [5, 5.41) is 8.39. The zero-order chi connectivity index (χ0) is 11.8. The van der Waals surface area contributed by atoms with Crippen LogP contribution in [0.4, 0.5) is 0 Å². The van der Waals surface area contributed by atoms with Crippen LogP contribution in [-0.2, 0) is 14.3 Å². The number of hydrogen-bond donors (Lipinski definition) is 2. The summed E-state index contributed by atoms with van der Waals surface area (Å²) in [5.74, 6) is -1.17. The van der Waals surface area contributed by atoms with Gasteiger partial charge in [0.05, 0.1) is 6.61 Å². The molecule has 0 bridgehead atoms. The summed E-state index contributed by atoms with van der Waals surface area (Å²) in [6.45, 7) is 4.31. The van der Waals surface area contributed by atoms with Crippen molar-refractivity contribution in [3.63, 3.8) is 0 Å². The molecule has 0 fully saturated rings. The first-order valence-electron chi connectivity index (χ1n) is 5.11. The van der Waals surface area contributed by atoms with E-state index in [-0.39, 0.29) is 12.8 Å². The van der Waals surface area contributed by atoms with Crippen LogP contribution in [0.2, 0.25) is 0 Å². The molecule has 0 rings (SSSR count). The third-order valence-electron chi connectivity index (χ3n) is 2.18. The van der Waals surface area contributed by atoms with Gasteiger partial charge in [-0.3, -0.25) is 9.59 Å². The largest absolute Gasteiger partial charge is 0.481 e. The second-order valence-corrected chi connectivity index (χ2v) is 3.68. The Bertz CT molecular complexity index is 217. The van der Waals surface area contributed by atoms with E-state index >= 15 is 0 Å². The number of ether oxygens (including phenoxy) is 1. The standard InChI is InChI=1S/C10H19NO4/c1-3-7(2)6-15-10(14)8(11)4-5-9(12)13/h7-8H,3-6,11H2,1-2H3,(H,12,13). The Labute approximate surface area is 89.6 Å². The Morgan fingerprint density at radius 2 is 2.07 bits per heavy atom. The smallest absolute Gasteiger partial charge is 0.322 e. The molecule has 0 aliphatic rings. The maximum Gasteiger partial charge on any atom is 0.322 e. The van der Waals surface area contributed by atoms with Gasteiger partial charge in [0.1, 0.15) is 6.04 Å². The lowest BCUT2D eigenvalue weighted by Crippen LogP contribution is -2.33. The summed E-state index contributed by atoms with van der Waals surface area (Å²) in [4.78, 5) is 21.5. The third-order valence-corrected chi connectivity index (χ3v) is 2.18. The van der Waals surface area contributed by atoms with Crippen LogP contribution >= 0.6 is 0 Å². The molecule has 0 aliphatic carbocycles. The first-order valence-corrected chi connectivity index (χ1v) is 5.11. The lowest BCUT2D eigenvalue weighted by molar-refractivity contribution is -0.147. The highest BCUT2D eigenvalue weighted by atomic mass is 16.5. The number of aliphatic carboxylic acids is 1. The summed E-state index contributed by atoms with van der Waals surface area (Å²) >= 11 is 0. The first kappa shape index (κ1) is 13.9. The highest BCUT2D eigenvalue weighted by Gasteiger charge is 2.16. The number of esters is 1. The molecule has 0 aromatic heterocycles. The highest BCUT2D eigenvalue weighted by molar-refractivity contribution is 5.76. The Morgan fingerprint density at radius 3 is 2.53 bits per heavy atom. The van der Waals surface area contributed by atoms with Crippen LogP contribution in [0.3, 0.4) is 0 Å². The van der Waals surface area contributed by atoms with Crippen molar-refractivity contribution >= 4 is 11.9 Å². The number of carbonyl (C=O) groups is 2. The first-order chi connectivity index (χ1) is 6.97. The molecule has 3 N–H and O–H groups in total. The molecule has 2 atom stereocenters. The molecule has 5 nitrogen and oxygen atoms in total. The Morgan fingerprint density at radius 1 is 1.47 bits per heavy atom. The van der Waals surface area contributed by atoms with Crippen molar-refractivity contribution < 1.29 is 19.4 Å². The van der Waals surface area contributed by atoms with Crippen molar-refractivity contribution in [2.24, 2.45) is 11.7 Å². The minimum atomic E-state index is -0.958. The summed E-state index contributed by atoms with van der Waals surface area (Å²) < 4.78 is 4.93. The third kappa shape index (κ3) is 6.90. The second kappa shape index (κ2) is 7.23. The molecule has 0 amide bonds. The molecule has 0 saturated carbocycles. The number of carboxylic acids is 1. The van der Waals surface area contributed by atoms with Gasteiger partial charge in [-0.2, -0.15) is 0 Å². The zero-order valence-corrected chi connectivity index (χ0v) is 9.23. The van der Waals surface area contributed by atoms with Gasteiger partial charge in [-0.25, -0.2) is 0 Å². The summed E-state index contributed by atoms with van der Waals surface area (Å²) in [7, 11) is 0. The number of carboxylic acid groups (broad SMARTS) is 1. The van der Waals surface area contributed by atoms with E-state index in [4.69, 9.17) is 15.6 Å². The summed E-state index contributed by atoms with van der Waals surface area (Å²) in [5.41, 5.74) is 5.46. The van der Waals surface area contributed by atoms with E-state index in [1.165, 1.54) is 0 Å². The maximum atomic E-state index is 11.2. The molecule has 0 aliphatic heterocycles. The van der Waals surface area contributed by atoms with E-state index < -0.39 is 18.0 Å². The normalized spacial score (nSPS) is 14.3. The minimum absolute atomic E-state index is 0.112. The average Bonchev–Trinajstić information content (AvgIpc) is 2.21. The van der Waals surface area contributed by atoms with Crippen LogP contribution < -0.4 is 5.73 Å². The van der Waals surface area contributed by atoms with Gasteiger partial charge in [0.15, 0.2) is 0 Å². The molecular weight excluding hydrogens is 198 g/mol. The minimum Gasteiger partial charge on any atom is -0.481 e. The van der Waals surface area contributed by atoms with E-state index in [0.29, 0.717) is 12.5 Å². The summed E-state index contributed by atoms with van der Waals surface area (Å²) in [6, 6.07) is -0.829. The average molecular weight is 217 g/mol. The number of nitrogens with two attached hydrogens (primary N) is 1. The van der Waals surface area contributed by atoms with E-state index in [9.17, 15) is 9.59 Å². The lowest BCUT2D eigenvalue weighted by atomic mass is 10.1. The molecule has 0 radical (unpaired) electrons. The number of carbonyl (C=O) groups excluding carboxylic acids is 1. The number of hydrogen-bond acceptors (Lipinski definition) is 4. The molecule has 88 valence electrons. The molecule has 0 heterocycles. The molecule has 0 aromatic rings. The molecule has 15 heavy (non-hydrogen) atoms. The van der Waals surface area contributed by atoms with Crippen LogP contribution in [0.5, 0.6) is 0 Å². The monoisotopic (exact) mass is 217 g/mol. The lowest BCUT2D eigenvalue weighted by Gasteiger charge is -2.13. The van der Waals surface area contributed by atoms with Gasteiger partial charge < -0.3 is 15.6 Å². The fourth-order valence-electron chi connectivity index (χ4n) is 0.846. The van der Waals surface area contributed by atoms with Gasteiger partial charge in [0, 0.05) is 6.42 Å². The van der Waals surface area contributed by atoms with E-state index in [2.05, 4.69) is 0 Å². The van der Waals surface area contributed by atoms with Crippen molar-refractivity contribution in [3.8, 4) is 0 Å². The van der Waals surface area contributed by atoms with Crippen LogP contribution in [0.25, 0.3) is 0 Å². The highest BCUT2D eigenvalue weighted by Crippen LogP contribution is 2.03. The number of rotatable bonds is 7. The fourth-order valence-corrected chi connectivity index (χ4v) is 0.846. The second-order valence-electron chi connectivity index (χ2n) is 3.68. The van der Waals surface area contributed by atoms with Crippen LogP contribution in [-0.4, -0.2) is 29.7 Å². The van der Waals surface area contributed by atoms with Crippen LogP contribution in [0.15, 0.2) is 0 Å². The van der Waals surface area contributed by atoms with Crippen molar-refractivity contribution in [1.82, 2.24) is 0 Å². The Kier molecular flexibility index (Phi) is 6.70. The van der Waals surface area contributed by atoms with E-state index in [1.54, 1.807) is 0 Å². The Balaban J connectivity index is 3.74. The quantitative estimate of drug-likeness (QED) is 0.615. The molecule has 0 spiro atoms. The van der Waals surface area contributed by atoms with E-state index in [1.807, 2.05) is 13.8 Å². The van der Waals surface area contributed by atoms with Crippen molar-refractivity contribution in [3.05, 3.63) is 0 Å². The summed E-state index contributed by atoms with van der Waals surface area (Å²) in [6.07, 6.45) is 0.936. The molecule has 0 saturated heterocycles. The van der Waals surface area contributed by atoms with Gasteiger partial charge in [-0.05, 0) is 12.3 Å². The van der Waals surface area contributed by atoms with Gasteiger partial charge in [-0.15, -0.1) is 0 Å². The zero-order valence-electron chi connectivity index (χ0n) is 9.23. The van der Waals surface area contributed by atoms with Gasteiger partial charge in [-0.1, -0.05) is 20.3 Å². The van der Waals surface area contributed by atoms with Crippen LogP contribution in [0, 0.1) is 5.92 Å². The maximum absolute atomic E-state index is 11.2. The predicted octanol–water partition coefficient (Wildman–Crippen LogP) is 0.768. The van der Waals surface area contributed by atoms with Crippen molar-refractivity contribution in [1.29, 1.82) is 0 Å². The molecule has 0 aromatic carbocycles. The fraction of sp³-hybridized carbons (Fsp3) is 0.800. The van der Waals surface area contributed by atoms with Gasteiger partial charge >= 0.3 is 11.9 Å². The molecule has 2 unspecified atom stereocenters. The predicted molar refractivity (Wildman–Crippen MR) is 55.3 cm³/mol. The molecule has 5 heteroatoms. The SMILES string of the molecule is CCC(C)COC(=O)C(N)CCC(=O)O. The van der Waals surface area contributed by atoms with Gasteiger partial charge in [0.2, 0.25) is 0 Å². The van der Waals surface area contributed by atoms with Crippen molar-refractivity contribution in [2.45, 2.75) is 39.2 Å². The topological polar surface area (TPSA) is 89.6 Å². The van der Waals surface area contributed by atoms with Gasteiger partial charge in [0.25, 0.3) is 0 Å². The van der Waals surface area contributed by atoms with Crippen LogP contribution in [0.1, 0.15) is 33.1 Å². The Hall–Kier alpha value is -1.10.